The van der Waals surface area contributed by atoms with E-state index in [2.05, 4.69) is 31.0 Å². The van der Waals surface area contributed by atoms with Gasteiger partial charge in [-0.15, -0.1) is 0 Å². The van der Waals surface area contributed by atoms with Gasteiger partial charge in [0, 0.05) is 19.5 Å². The first-order valence-electron chi connectivity index (χ1n) is 6.57. The van der Waals surface area contributed by atoms with Gasteiger partial charge in [0.15, 0.2) is 0 Å². The lowest BCUT2D eigenvalue weighted by atomic mass is 9.99. The van der Waals surface area contributed by atoms with Crippen LogP contribution in [0.25, 0.3) is 0 Å². The van der Waals surface area contributed by atoms with Gasteiger partial charge in [0.05, 0.1) is 0 Å². The molecule has 1 amide bonds. The maximum absolute atomic E-state index is 11.5. The molecule has 0 aromatic heterocycles. The van der Waals surface area contributed by atoms with Crippen LogP contribution in [0.3, 0.4) is 0 Å². The van der Waals surface area contributed by atoms with Crippen molar-refractivity contribution >= 4 is 5.91 Å². The number of hydrogen-bond acceptors (Lipinski definition) is 2. The molecule has 3 heteroatoms. The zero-order valence-electron chi connectivity index (χ0n) is 11.0. The Labute approximate surface area is 99.6 Å². The molecule has 0 saturated carbocycles. The normalized spacial score (nSPS) is 19.0. The SMILES string of the molecule is CC(C)CNC(=O)CCN1CCC(C)CC1. The largest absolute Gasteiger partial charge is 0.356 e. The summed E-state index contributed by atoms with van der Waals surface area (Å²) in [6.07, 6.45) is 3.22. The third-order valence-corrected chi connectivity index (χ3v) is 3.24. The molecule has 1 heterocycles. The van der Waals surface area contributed by atoms with Gasteiger partial charge in [-0.2, -0.15) is 0 Å². The molecule has 0 spiro atoms. The molecule has 0 aromatic rings. The highest BCUT2D eigenvalue weighted by Crippen LogP contribution is 2.15. The van der Waals surface area contributed by atoms with Gasteiger partial charge in [0.25, 0.3) is 0 Å². The molecule has 1 fully saturated rings. The second kappa shape index (κ2) is 6.89. The second-order valence-electron chi connectivity index (χ2n) is 5.47. The molecular weight excluding hydrogens is 200 g/mol. The van der Waals surface area contributed by atoms with E-state index in [0.717, 1.165) is 19.0 Å². The molecule has 1 N–H and O–H groups in total. The second-order valence-corrected chi connectivity index (χ2v) is 5.47. The van der Waals surface area contributed by atoms with E-state index in [1.54, 1.807) is 0 Å². The average molecular weight is 226 g/mol. The van der Waals surface area contributed by atoms with Gasteiger partial charge < -0.3 is 10.2 Å². The molecule has 0 bridgehead atoms. The number of likely N-dealkylation sites (tertiary alicyclic amines) is 1. The summed E-state index contributed by atoms with van der Waals surface area (Å²) in [5.41, 5.74) is 0. The topological polar surface area (TPSA) is 32.3 Å². The van der Waals surface area contributed by atoms with Gasteiger partial charge in [-0.05, 0) is 37.8 Å². The number of carbonyl (C=O) groups excluding carboxylic acids is 1. The molecule has 1 aliphatic rings. The number of nitrogens with zero attached hydrogens (tertiary/aromatic N) is 1. The van der Waals surface area contributed by atoms with Crippen LogP contribution in [0.2, 0.25) is 0 Å². The molecule has 0 unspecified atom stereocenters. The Kier molecular flexibility index (Phi) is 5.81. The molecule has 0 aromatic carbocycles. The van der Waals surface area contributed by atoms with Crippen LogP contribution in [-0.4, -0.2) is 37.0 Å². The van der Waals surface area contributed by atoms with Crippen LogP contribution in [0.4, 0.5) is 0 Å². The molecule has 3 nitrogen and oxygen atoms in total. The average Bonchev–Trinajstić information content (AvgIpc) is 2.25. The van der Waals surface area contributed by atoms with Crippen molar-refractivity contribution in [1.82, 2.24) is 10.2 Å². The lowest BCUT2D eigenvalue weighted by Crippen LogP contribution is -2.36. The molecule has 1 aliphatic heterocycles. The Morgan fingerprint density at radius 3 is 2.56 bits per heavy atom. The molecule has 94 valence electrons. The Morgan fingerprint density at radius 1 is 1.38 bits per heavy atom. The van der Waals surface area contributed by atoms with Gasteiger partial charge in [-0.25, -0.2) is 0 Å². The van der Waals surface area contributed by atoms with Crippen molar-refractivity contribution in [2.24, 2.45) is 11.8 Å². The molecule has 1 rings (SSSR count). The lowest BCUT2D eigenvalue weighted by molar-refractivity contribution is -0.121. The summed E-state index contributed by atoms with van der Waals surface area (Å²) in [4.78, 5) is 13.9. The maximum Gasteiger partial charge on any atom is 0.221 e. The Hall–Kier alpha value is -0.570. The zero-order chi connectivity index (χ0) is 12.0. The van der Waals surface area contributed by atoms with Gasteiger partial charge >= 0.3 is 0 Å². The highest BCUT2D eigenvalue weighted by molar-refractivity contribution is 5.76. The van der Waals surface area contributed by atoms with Crippen molar-refractivity contribution in [3.63, 3.8) is 0 Å². The standard InChI is InChI=1S/C13H26N2O/c1-11(2)10-14-13(16)6-9-15-7-4-12(3)5-8-15/h11-12H,4-10H2,1-3H3,(H,14,16). The van der Waals surface area contributed by atoms with Crippen LogP contribution in [0.5, 0.6) is 0 Å². The summed E-state index contributed by atoms with van der Waals surface area (Å²) in [7, 11) is 0. The summed E-state index contributed by atoms with van der Waals surface area (Å²) >= 11 is 0. The van der Waals surface area contributed by atoms with Crippen molar-refractivity contribution in [2.45, 2.75) is 40.0 Å². The predicted molar refractivity (Wildman–Crippen MR) is 67.3 cm³/mol. The maximum atomic E-state index is 11.5. The summed E-state index contributed by atoms with van der Waals surface area (Å²) < 4.78 is 0. The van der Waals surface area contributed by atoms with E-state index >= 15 is 0 Å². The van der Waals surface area contributed by atoms with E-state index in [9.17, 15) is 4.79 Å². The van der Waals surface area contributed by atoms with Crippen LogP contribution >= 0.6 is 0 Å². The van der Waals surface area contributed by atoms with Crippen LogP contribution in [0.1, 0.15) is 40.0 Å². The smallest absolute Gasteiger partial charge is 0.221 e. The summed E-state index contributed by atoms with van der Waals surface area (Å²) in [5, 5.41) is 2.96. The predicted octanol–water partition coefficient (Wildman–Crippen LogP) is 1.88. The van der Waals surface area contributed by atoms with E-state index in [4.69, 9.17) is 0 Å². The first-order chi connectivity index (χ1) is 7.58. The van der Waals surface area contributed by atoms with Crippen molar-refractivity contribution in [1.29, 1.82) is 0 Å². The number of rotatable bonds is 5. The number of carbonyl (C=O) groups is 1. The minimum Gasteiger partial charge on any atom is -0.356 e. The van der Waals surface area contributed by atoms with E-state index in [1.807, 2.05) is 0 Å². The fourth-order valence-electron chi connectivity index (χ4n) is 1.95. The molecule has 16 heavy (non-hydrogen) atoms. The molecule has 1 saturated heterocycles. The molecular formula is C13H26N2O. The fraction of sp³-hybridized carbons (Fsp3) is 0.923. The number of piperidine rings is 1. The third-order valence-electron chi connectivity index (χ3n) is 3.24. The molecule has 0 atom stereocenters. The number of nitrogens with one attached hydrogen (secondary N) is 1. The first-order valence-corrected chi connectivity index (χ1v) is 6.57. The van der Waals surface area contributed by atoms with Crippen LogP contribution in [0, 0.1) is 11.8 Å². The lowest BCUT2D eigenvalue weighted by Gasteiger charge is -2.29. The summed E-state index contributed by atoms with van der Waals surface area (Å²) in [6, 6.07) is 0. The molecule has 0 radical (unpaired) electrons. The zero-order valence-corrected chi connectivity index (χ0v) is 11.0. The monoisotopic (exact) mass is 226 g/mol. The van der Waals surface area contributed by atoms with E-state index in [-0.39, 0.29) is 5.91 Å². The van der Waals surface area contributed by atoms with Crippen LogP contribution < -0.4 is 5.32 Å². The van der Waals surface area contributed by atoms with Gasteiger partial charge in [0.2, 0.25) is 5.91 Å². The van der Waals surface area contributed by atoms with Gasteiger partial charge in [-0.1, -0.05) is 20.8 Å². The number of hydrogen-bond donors (Lipinski definition) is 1. The Balaban J connectivity index is 2.07. The van der Waals surface area contributed by atoms with Gasteiger partial charge in [-0.3, -0.25) is 4.79 Å². The van der Waals surface area contributed by atoms with E-state index in [0.29, 0.717) is 12.3 Å². The van der Waals surface area contributed by atoms with Crippen molar-refractivity contribution < 1.29 is 4.79 Å². The minimum absolute atomic E-state index is 0.201. The third kappa shape index (κ3) is 5.50. The van der Waals surface area contributed by atoms with E-state index < -0.39 is 0 Å². The van der Waals surface area contributed by atoms with Crippen LogP contribution in [-0.2, 0) is 4.79 Å². The Bertz CT molecular complexity index is 208. The van der Waals surface area contributed by atoms with Crippen molar-refractivity contribution in [2.75, 3.05) is 26.2 Å². The summed E-state index contributed by atoms with van der Waals surface area (Å²) in [6.45, 7) is 10.6. The van der Waals surface area contributed by atoms with E-state index in [1.165, 1.54) is 25.9 Å². The Morgan fingerprint density at radius 2 is 2.00 bits per heavy atom. The van der Waals surface area contributed by atoms with Gasteiger partial charge in [0.1, 0.15) is 0 Å². The number of amides is 1. The van der Waals surface area contributed by atoms with Crippen LogP contribution in [0.15, 0.2) is 0 Å². The van der Waals surface area contributed by atoms with Crippen molar-refractivity contribution in [3.8, 4) is 0 Å². The fourth-order valence-corrected chi connectivity index (χ4v) is 1.95. The quantitative estimate of drug-likeness (QED) is 0.776. The van der Waals surface area contributed by atoms with Crippen molar-refractivity contribution in [3.05, 3.63) is 0 Å². The highest BCUT2D eigenvalue weighted by atomic mass is 16.1. The highest BCUT2D eigenvalue weighted by Gasteiger charge is 2.15. The molecule has 0 aliphatic carbocycles. The summed E-state index contributed by atoms with van der Waals surface area (Å²) in [5.74, 6) is 1.61. The minimum atomic E-state index is 0.201. The first kappa shape index (κ1) is 13.5.